The number of carboxylic acids is 2. The molecule has 0 aliphatic rings. The molecule has 0 spiro atoms. The highest BCUT2D eigenvalue weighted by atomic mass is 16.6. The topological polar surface area (TPSA) is 141 Å². The van der Waals surface area contributed by atoms with Gasteiger partial charge in [-0.25, -0.2) is 9.59 Å². The molecule has 0 radical (unpaired) electrons. The second kappa shape index (κ2) is 7.67. The first kappa shape index (κ1) is 17.0. The number of phenols is 2. The number of hydrogen-bond acceptors (Lipinski definition) is 6. The minimum Gasteiger partial charge on any atom is -0.504 e. The number of benzene rings is 1. The molecule has 1 aromatic rings. The largest absolute Gasteiger partial charge is 0.504 e. The van der Waals surface area contributed by atoms with Crippen molar-refractivity contribution in [3.8, 4) is 11.5 Å². The van der Waals surface area contributed by atoms with E-state index in [-0.39, 0.29) is 17.9 Å². The van der Waals surface area contributed by atoms with Gasteiger partial charge < -0.3 is 25.2 Å². The molecule has 0 saturated heterocycles. The van der Waals surface area contributed by atoms with Crippen LogP contribution in [0.25, 0.3) is 6.08 Å². The van der Waals surface area contributed by atoms with E-state index in [2.05, 4.69) is 4.74 Å². The zero-order valence-corrected chi connectivity index (χ0v) is 11.3. The maximum Gasteiger partial charge on any atom is 0.345 e. The number of carbonyl (C=O) groups is 3. The van der Waals surface area contributed by atoms with Gasteiger partial charge in [-0.2, -0.15) is 0 Å². The van der Waals surface area contributed by atoms with E-state index in [4.69, 9.17) is 15.3 Å². The zero-order valence-electron chi connectivity index (χ0n) is 11.3. The Morgan fingerprint density at radius 3 is 2.36 bits per heavy atom. The number of ether oxygens (including phenoxy) is 1. The molecule has 1 rings (SSSR count). The summed E-state index contributed by atoms with van der Waals surface area (Å²) < 4.78 is 4.64. The number of phenolic OH excluding ortho intramolecular Hbond substituents is 2. The number of aliphatic carboxylic acids is 2. The Kier molecular flexibility index (Phi) is 5.94. The monoisotopic (exact) mass is 310 g/mol. The van der Waals surface area contributed by atoms with E-state index in [0.29, 0.717) is 5.56 Å². The summed E-state index contributed by atoms with van der Waals surface area (Å²) in [6.07, 6.45) is -0.161. The lowest BCUT2D eigenvalue weighted by atomic mass is 10.2. The molecule has 0 bridgehead atoms. The minimum absolute atomic E-state index is 0.320. The predicted octanol–water partition coefficient (Wildman–Crippen LogP) is 0.972. The van der Waals surface area contributed by atoms with Crippen LogP contribution in [-0.2, 0) is 19.1 Å². The molecule has 1 aromatic carbocycles. The van der Waals surface area contributed by atoms with Crippen molar-refractivity contribution in [1.82, 2.24) is 0 Å². The Morgan fingerprint density at radius 1 is 1.14 bits per heavy atom. The van der Waals surface area contributed by atoms with Gasteiger partial charge in [0.1, 0.15) is 0 Å². The molecule has 118 valence electrons. The number of carbonyl (C=O) groups excluding carboxylic acids is 1. The molecule has 1 unspecified atom stereocenters. The zero-order chi connectivity index (χ0) is 16.7. The van der Waals surface area contributed by atoms with Gasteiger partial charge in [0, 0.05) is 18.9 Å². The number of aromatic hydroxyl groups is 2. The Balaban J connectivity index is 2.66. The quantitative estimate of drug-likeness (QED) is 0.331. The van der Waals surface area contributed by atoms with Crippen molar-refractivity contribution in [2.45, 2.75) is 18.9 Å². The van der Waals surface area contributed by atoms with E-state index in [1.54, 1.807) is 0 Å². The molecule has 1 atom stereocenters. The average Bonchev–Trinajstić information content (AvgIpc) is 2.44. The Bertz CT molecular complexity index is 605. The van der Waals surface area contributed by atoms with Crippen LogP contribution in [0.4, 0.5) is 0 Å². The molecule has 0 heterocycles. The lowest BCUT2D eigenvalue weighted by molar-refractivity contribution is -0.161. The van der Waals surface area contributed by atoms with Gasteiger partial charge >= 0.3 is 17.9 Å². The van der Waals surface area contributed by atoms with Gasteiger partial charge in [0.15, 0.2) is 17.6 Å². The van der Waals surface area contributed by atoms with Crippen LogP contribution >= 0.6 is 0 Å². The second-order valence-corrected chi connectivity index (χ2v) is 4.28. The Labute approximate surface area is 124 Å². The van der Waals surface area contributed by atoms with E-state index in [0.717, 1.165) is 6.08 Å². The summed E-state index contributed by atoms with van der Waals surface area (Å²) in [5, 5.41) is 35.7. The second-order valence-electron chi connectivity index (χ2n) is 4.28. The molecule has 0 aliphatic carbocycles. The van der Waals surface area contributed by atoms with Gasteiger partial charge in [-0.3, -0.25) is 4.79 Å². The van der Waals surface area contributed by atoms with Crippen molar-refractivity contribution in [3.63, 3.8) is 0 Å². The lowest BCUT2D eigenvalue weighted by Crippen LogP contribution is -2.27. The fourth-order valence-electron chi connectivity index (χ4n) is 1.48. The molecule has 8 heteroatoms. The van der Waals surface area contributed by atoms with Crippen molar-refractivity contribution < 1.29 is 39.5 Å². The van der Waals surface area contributed by atoms with Crippen LogP contribution in [-0.4, -0.2) is 44.4 Å². The van der Waals surface area contributed by atoms with Gasteiger partial charge in [-0.05, 0) is 23.8 Å². The highest BCUT2D eigenvalue weighted by Gasteiger charge is 2.22. The molecule has 4 N–H and O–H groups in total. The molecule has 0 fully saturated rings. The summed E-state index contributed by atoms with van der Waals surface area (Å²) in [5.41, 5.74) is 0.379. The average molecular weight is 310 g/mol. The molecule has 8 nitrogen and oxygen atoms in total. The summed E-state index contributed by atoms with van der Waals surface area (Å²) in [6.45, 7) is 0. The van der Waals surface area contributed by atoms with Crippen molar-refractivity contribution >= 4 is 24.0 Å². The maximum absolute atomic E-state index is 11.5. The van der Waals surface area contributed by atoms with Crippen molar-refractivity contribution in [2.75, 3.05) is 0 Å². The third-order valence-electron chi connectivity index (χ3n) is 2.57. The van der Waals surface area contributed by atoms with Gasteiger partial charge in [0.2, 0.25) is 0 Å². The summed E-state index contributed by atoms with van der Waals surface area (Å²) >= 11 is 0. The van der Waals surface area contributed by atoms with Crippen LogP contribution < -0.4 is 0 Å². The van der Waals surface area contributed by atoms with Crippen LogP contribution in [0, 0.1) is 0 Å². The standard InChI is InChI=1S/C14H14O8/c15-9-3-1-8(7-10(9)16)2-6-13(19)22-11(14(20)21)4-5-12(17)18/h1-3,6-7,11,15-16H,4-5H2,(H,17,18)(H,20,21). The van der Waals surface area contributed by atoms with E-state index >= 15 is 0 Å². The van der Waals surface area contributed by atoms with Crippen LogP contribution in [0.2, 0.25) is 0 Å². The Hall–Kier alpha value is -3.03. The number of carboxylic acid groups (broad SMARTS) is 2. The summed E-state index contributed by atoms with van der Waals surface area (Å²) in [5.74, 6) is -4.30. The van der Waals surface area contributed by atoms with E-state index in [1.807, 2.05) is 0 Å². The van der Waals surface area contributed by atoms with Crippen LogP contribution in [0.1, 0.15) is 18.4 Å². The first-order valence-electron chi connectivity index (χ1n) is 6.15. The molecule has 0 aliphatic heterocycles. The number of esters is 1. The van der Waals surface area contributed by atoms with Gasteiger partial charge in [0.05, 0.1) is 0 Å². The number of rotatable bonds is 7. The first-order chi connectivity index (χ1) is 10.3. The van der Waals surface area contributed by atoms with Crippen LogP contribution in [0.15, 0.2) is 24.3 Å². The van der Waals surface area contributed by atoms with Gasteiger partial charge in [-0.15, -0.1) is 0 Å². The molecule has 0 amide bonds. The Morgan fingerprint density at radius 2 is 1.82 bits per heavy atom. The summed E-state index contributed by atoms with van der Waals surface area (Å²) in [4.78, 5) is 32.7. The molecule has 0 aromatic heterocycles. The first-order valence-corrected chi connectivity index (χ1v) is 6.15. The highest BCUT2D eigenvalue weighted by Crippen LogP contribution is 2.25. The van der Waals surface area contributed by atoms with Gasteiger partial charge in [0.25, 0.3) is 0 Å². The number of hydrogen-bond donors (Lipinski definition) is 4. The predicted molar refractivity (Wildman–Crippen MR) is 73.2 cm³/mol. The highest BCUT2D eigenvalue weighted by molar-refractivity contribution is 5.89. The molecular formula is C14H14O8. The fourth-order valence-corrected chi connectivity index (χ4v) is 1.48. The van der Waals surface area contributed by atoms with Crippen molar-refractivity contribution in [3.05, 3.63) is 29.8 Å². The van der Waals surface area contributed by atoms with Gasteiger partial charge in [-0.1, -0.05) is 6.07 Å². The smallest absolute Gasteiger partial charge is 0.345 e. The lowest BCUT2D eigenvalue weighted by Gasteiger charge is -2.10. The van der Waals surface area contributed by atoms with Crippen molar-refractivity contribution in [2.24, 2.45) is 0 Å². The minimum atomic E-state index is -1.55. The van der Waals surface area contributed by atoms with E-state index < -0.39 is 30.4 Å². The SMILES string of the molecule is O=C(O)CCC(OC(=O)C=Cc1ccc(O)c(O)c1)C(=O)O. The summed E-state index contributed by atoms with van der Waals surface area (Å²) in [6, 6.07) is 3.82. The molecular weight excluding hydrogens is 296 g/mol. The van der Waals surface area contributed by atoms with Crippen molar-refractivity contribution in [1.29, 1.82) is 0 Å². The molecule has 22 heavy (non-hydrogen) atoms. The normalized spacial score (nSPS) is 12.0. The van der Waals surface area contributed by atoms with Crippen LogP contribution in [0.3, 0.4) is 0 Å². The van der Waals surface area contributed by atoms with E-state index in [9.17, 15) is 19.5 Å². The van der Waals surface area contributed by atoms with E-state index in [1.165, 1.54) is 24.3 Å². The maximum atomic E-state index is 11.5. The third-order valence-corrected chi connectivity index (χ3v) is 2.57. The summed E-state index contributed by atoms with van der Waals surface area (Å²) in [7, 11) is 0. The fraction of sp³-hybridized carbons (Fsp3) is 0.214. The van der Waals surface area contributed by atoms with Crippen LogP contribution in [0.5, 0.6) is 11.5 Å². The third kappa shape index (κ3) is 5.53. The molecule has 0 saturated carbocycles.